The van der Waals surface area contributed by atoms with Crippen molar-refractivity contribution in [2.75, 3.05) is 10.7 Å². The second-order valence-corrected chi connectivity index (χ2v) is 8.26. The van der Waals surface area contributed by atoms with Crippen LogP contribution in [0.25, 0.3) is 10.8 Å². The molecule has 2 aliphatic rings. The Bertz CT molecular complexity index is 1060. The minimum absolute atomic E-state index is 0.00179. The zero-order chi connectivity index (χ0) is 17.2. The highest BCUT2D eigenvalue weighted by atomic mass is 79.9. The van der Waals surface area contributed by atoms with Crippen molar-refractivity contribution in [2.45, 2.75) is 4.87 Å². The normalized spacial score (nSPS) is 21.7. The van der Waals surface area contributed by atoms with Gasteiger partial charge in [-0.15, -0.1) is 11.8 Å². The molecule has 3 aromatic rings. The molecule has 1 spiro atoms. The minimum Gasteiger partial charge on any atom is -0.290 e. The van der Waals surface area contributed by atoms with Gasteiger partial charge in [-0.2, -0.15) is 0 Å². The smallest absolute Gasteiger partial charge is 0.238 e. The van der Waals surface area contributed by atoms with Crippen molar-refractivity contribution in [1.29, 1.82) is 0 Å². The molecule has 1 saturated heterocycles. The lowest BCUT2D eigenvalue weighted by atomic mass is 10.0. The van der Waals surface area contributed by atoms with Crippen LogP contribution in [0.2, 0.25) is 0 Å². The van der Waals surface area contributed by atoms with E-state index in [1.807, 2.05) is 60.7 Å². The summed E-state index contributed by atoms with van der Waals surface area (Å²) in [6, 6.07) is 19.3. The molecule has 1 aliphatic heterocycles. The van der Waals surface area contributed by atoms with Crippen molar-refractivity contribution in [2.24, 2.45) is 0 Å². The molecule has 5 rings (SSSR count). The number of carbonyl (C=O) groups is 2. The Morgan fingerprint density at radius 1 is 0.960 bits per heavy atom. The van der Waals surface area contributed by atoms with Gasteiger partial charge in [0.15, 0.2) is 4.87 Å². The van der Waals surface area contributed by atoms with Crippen LogP contribution in [-0.2, 0) is 9.67 Å². The van der Waals surface area contributed by atoms with Crippen molar-refractivity contribution in [3.63, 3.8) is 0 Å². The highest BCUT2D eigenvalue weighted by Crippen LogP contribution is 2.55. The largest absolute Gasteiger partial charge is 0.290 e. The molecule has 3 nitrogen and oxygen atoms in total. The predicted molar refractivity (Wildman–Crippen MR) is 104 cm³/mol. The second kappa shape index (κ2) is 5.19. The fraction of sp³-hybridized carbons (Fsp3) is 0.100. The molecule has 1 atom stereocenters. The van der Waals surface area contributed by atoms with Gasteiger partial charge in [-0.25, -0.2) is 0 Å². The zero-order valence-electron chi connectivity index (χ0n) is 13.0. The van der Waals surface area contributed by atoms with Gasteiger partial charge in [0.05, 0.1) is 5.75 Å². The molecule has 0 N–H and O–H groups in total. The molecule has 1 unspecified atom stereocenters. The van der Waals surface area contributed by atoms with Gasteiger partial charge >= 0.3 is 0 Å². The molecule has 1 heterocycles. The van der Waals surface area contributed by atoms with Gasteiger partial charge in [-0.05, 0) is 35.0 Å². The molecule has 1 amide bonds. The first-order valence-electron chi connectivity index (χ1n) is 7.92. The van der Waals surface area contributed by atoms with Crippen molar-refractivity contribution < 1.29 is 9.59 Å². The number of anilines is 1. The van der Waals surface area contributed by atoms with E-state index in [1.54, 1.807) is 4.90 Å². The summed E-state index contributed by atoms with van der Waals surface area (Å²) in [5.41, 5.74) is 2.37. The highest BCUT2D eigenvalue weighted by molar-refractivity contribution is 9.10. The molecule has 0 aromatic heterocycles. The number of hydrogen-bond acceptors (Lipinski definition) is 3. The number of benzene rings is 3. The Morgan fingerprint density at radius 3 is 2.44 bits per heavy atom. The number of Topliss-reactive ketones (excluding diaryl/α,β-unsaturated/α-hetero) is 1. The number of thioether (sulfide) groups is 1. The number of nitrogens with zero attached hydrogens (tertiary/aromatic N) is 1. The maximum Gasteiger partial charge on any atom is 0.238 e. The standard InChI is InChI=1S/C20H12BrNO2S/c21-13-7-9-14(10-8-13)22-17(23)11-25-20(22)16-6-2-4-12-3-1-5-15(18(12)16)19(20)24/h1-10H,11H2. The Kier molecular flexibility index (Phi) is 3.15. The van der Waals surface area contributed by atoms with Crippen molar-refractivity contribution in [1.82, 2.24) is 0 Å². The third-order valence-corrected chi connectivity index (χ3v) is 6.80. The first-order chi connectivity index (χ1) is 12.1. The van der Waals surface area contributed by atoms with E-state index in [-0.39, 0.29) is 11.7 Å². The Balaban J connectivity index is 1.81. The molecule has 25 heavy (non-hydrogen) atoms. The topological polar surface area (TPSA) is 37.4 Å². The second-order valence-electron chi connectivity index (χ2n) is 6.18. The number of ketones is 1. The van der Waals surface area contributed by atoms with Crippen LogP contribution in [0.4, 0.5) is 5.69 Å². The maximum absolute atomic E-state index is 13.5. The van der Waals surface area contributed by atoms with E-state index in [4.69, 9.17) is 0 Å². The zero-order valence-corrected chi connectivity index (χ0v) is 15.4. The van der Waals surface area contributed by atoms with Gasteiger partial charge in [-0.3, -0.25) is 14.5 Å². The molecule has 0 radical (unpaired) electrons. The first-order valence-corrected chi connectivity index (χ1v) is 9.70. The number of rotatable bonds is 1. The van der Waals surface area contributed by atoms with Crippen LogP contribution in [0, 0.1) is 0 Å². The number of halogens is 1. The van der Waals surface area contributed by atoms with Gasteiger partial charge in [0.25, 0.3) is 0 Å². The molecule has 122 valence electrons. The molecule has 1 fully saturated rings. The highest BCUT2D eigenvalue weighted by Gasteiger charge is 2.58. The van der Waals surface area contributed by atoms with Crippen LogP contribution < -0.4 is 4.90 Å². The average molecular weight is 410 g/mol. The van der Waals surface area contributed by atoms with E-state index in [0.29, 0.717) is 11.3 Å². The Labute approximate surface area is 157 Å². The Morgan fingerprint density at radius 2 is 1.68 bits per heavy atom. The predicted octanol–water partition coefficient (Wildman–Crippen LogP) is 4.73. The Hall–Kier alpha value is -2.11. The van der Waals surface area contributed by atoms with E-state index in [0.717, 1.165) is 26.5 Å². The van der Waals surface area contributed by atoms with Gasteiger partial charge in [0, 0.05) is 21.3 Å². The van der Waals surface area contributed by atoms with Gasteiger partial charge < -0.3 is 0 Å². The maximum atomic E-state index is 13.5. The average Bonchev–Trinajstić information content (AvgIpc) is 3.10. The molecule has 3 aromatic carbocycles. The lowest BCUT2D eigenvalue weighted by Gasteiger charge is -2.33. The van der Waals surface area contributed by atoms with Crippen LogP contribution in [0.3, 0.4) is 0 Å². The molecule has 5 heteroatoms. The summed E-state index contributed by atoms with van der Waals surface area (Å²) in [7, 11) is 0. The summed E-state index contributed by atoms with van der Waals surface area (Å²) in [5, 5.41) is 2.01. The summed E-state index contributed by atoms with van der Waals surface area (Å²) in [5.74, 6) is 0.259. The SMILES string of the molecule is O=C1CSC2(C(=O)c3cccc4cccc2c34)N1c1ccc(Br)cc1. The first kappa shape index (κ1) is 15.2. The number of carbonyl (C=O) groups excluding carboxylic acids is 2. The van der Waals surface area contributed by atoms with Gasteiger partial charge in [-0.1, -0.05) is 52.3 Å². The fourth-order valence-corrected chi connectivity index (χ4v) is 5.50. The fourth-order valence-electron chi connectivity index (χ4n) is 3.87. The molecule has 0 bridgehead atoms. The van der Waals surface area contributed by atoms with Crippen molar-refractivity contribution >= 4 is 55.8 Å². The molecule has 1 aliphatic carbocycles. The van der Waals surface area contributed by atoms with Gasteiger partial charge in [0.2, 0.25) is 11.7 Å². The van der Waals surface area contributed by atoms with Gasteiger partial charge in [0.1, 0.15) is 0 Å². The molecule has 0 saturated carbocycles. The van der Waals surface area contributed by atoms with Crippen LogP contribution >= 0.6 is 27.7 Å². The van der Waals surface area contributed by atoms with Crippen LogP contribution in [0.15, 0.2) is 65.1 Å². The number of amides is 1. The van der Waals surface area contributed by atoms with E-state index in [1.165, 1.54) is 11.8 Å². The third-order valence-electron chi connectivity index (χ3n) is 4.88. The quantitative estimate of drug-likeness (QED) is 0.582. The molecular formula is C20H12BrNO2S. The summed E-state index contributed by atoms with van der Waals surface area (Å²) in [4.78, 5) is 26.9. The van der Waals surface area contributed by atoms with E-state index >= 15 is 0 Å². The summed E-state index contributed by atoms with van der Waals surface area (Å²) >= 11 is 4.85. The minimum atomic E-state index is -0.992. The van der Waals surface area contributed by atoms with Crippen LogP contribution in [-0.4, -0.2) is 17.4 Å². The van der Waals surface area contributed by atoms with Crippen molar-refractivity contribution in [3.8, 4) is 0 Å². The summed E-state index contributed by atoms with van der Waals surface area (Å²) < 4.78 is 0.938. The summed E-state index contributed by atoms with van der Waals surface area (Å²) in [6.45, 7) is 0. The van der Waals surface area contributed by atoms with E-state index in [9.17, 15) is 9.59 Å². The lowest BCUT2D eigenvalue weighted by molar-refractivity contribution is -0.116. The van der Waals surface area contributed by atoms with Crippen LogP contribution in [0.5, 0.6) is 0 Å². The molecular weight excluding hydrogens is 398 g/mol. The van der Waals surface area contributed by atoms with Crippen molar-refractivity contribution in [3.05, 3.63) is 76.3 Å². The monoisotopic (exact) mass is 409 g/mol. The summed E-state index contributed by atoms with van der Waals surface area (Å²) in [6.07, 6.45) is 0. The van der Waals surface area contributed by atoms with E-state index < -0.39 is 4.87 Å². The number of fused-ring (bicyclic) bond motifs is 1. The third kappa shape index (κ3) is 1.88. The number of hydrogen-bond donors (Lipinski definition) is 0. The lowest BCUT2D eigenvalue weighted by Crippen LogP contribution is -2.46. The van der Waals surface area contributed by atoms with E-state index in [2.05, 4.69) is 15.9 Å². The van der Waals surface area contributed by atoms with Crippen LogP contribution in [0.1, 0.15) is 15.9 Å².